The minimum atomic E-state index is -0.960. The molecule has 0 saturated carbocycles. The minimum absolute atomic E-state index is 0.488. The van der Waals surface area contributed by atoms with Crippen molar-refractivity contribution in [1.29, 1.82) is 0 Å². The van der Waals surface area contributed by atoms with E-state index in [0.717, 1.165) is 23.4 Å². The van der Waals surface area contributed by atoms with Crippen molar-refractivity contribution in [1.82, 2.24) is 25.3 Å². The number of aliphatic hydroxyl groups is 1. The van der Waals surface area contributed by atoms with Crippen LogP contribution in [0.3, 0.4) is 0 Å². The molecule has 3 aromatic rings. The van der Waals surface area contributed by atoms with Crippen molar-refractivity contribution >= 4 is 0 Å². The van der Waals surface area contributed by atoms with E-state index in [-0.39, 0.29) is 0 Å². The highest BCUT2D eigenvalue weighted by Gasteiger charge is 2.40. The molecule has 1 saturated heterocycles. The summed E-state index contributed by atoms with van der Waals surface area (Å²) in [6.45, 7) is 3.86. The van der Waals surface area contributed by atoms with E-state index in [1.807, 2.05) is 18.2 Å². The van der Waals surface area contributed by atoms with Crippen LogP contribution in [-0.2, 0) is 12.1 Å². The number of rotatable bonds is 4. The Bertz CT molecular complexity index is 829. The van der Waals surface area contributed by atoms with E-state index in [0.29, 0.717) is 31.1 Å². The van der Waals surface area contributed by atoms with Gasteiger partial charge in [0.05, 0.1) is 18.9 Å². The van der Waals surface area contributed by atoms with Crippen molar-refractivity contribution in [2.75, 3.05) is 13.1 Å². The summed E-state index contributed by atoms with van der Waals surface area (Å²) in [6.07, 6.45) is 3.95. The first kappa shape index (κ1) is 15.0. The summed E-state index contributed by atoms with van der Waals surface area (Å²) in [5.41, 5.74) is 1.83. The molecule has 0 amide bonds. The number of hydrogen-bond acceptors (Lipinski definition) is 6. The SMILES string of the molecule is Cc1ccccc1-c1cnc(CN2CCC(O)(c3cn[nH]n3)C2)o1. The number of aryl methyl sites for hydroxylation is 1. The molecule has 2 aromatic heterocycles. The maximum absolute atomic E-state index is 10.7. The molecule has 124 valence electrons. The summed E-state index contributed by atoms with van der Waals surface area (Å²) >= 11 is 0. The first-order valence-electron chi connectivity index (χ1n) is 7.96. The van der Waals surface area contributed by atoms with Crippen molar-refractivity contribution in [2.45, 2.75) is 25.5 Å². The fourth-order valence-corrected chi connectivity index (χ4v) is 3.19. The Morgan fingerprint density at radius 2 is 2.21 bits per heavy atom. The maximum atomic E-state index is 10.7. The zero-order valence-electron chi connectivity index (χ0n) is 13.4. The fraction of sp³-hybridized carbons (Fsp3) is 0.353. The molecule has 1 aromatic carbocycles. The Labute approximate surface area is 139 Å². The van der Waals surface area contributed by atoms with Crippen molar-refractivity contribution in [2.24, 2.45) is 0 Å². The summed E-state index contributed by atoms with van der Waals surface area (Å²) in [5, 5.41) is 21.1. The Balaban J connectivity index is 1.47. The number of aromatic nitrogens is 4. The largest absolute Gasteiger partial charge is 0.439 e. The minimum Gasteiger partial charge on any atom is -0.439 e. The molecule has 1 unspecified atom stereocenters. The molecule has 0 radical (unpaired) electrons. The first-order valence-corrected chi connectivity index (χ1v) is 7.96. The number of hydrogen-bond donors (Lipinski definition) is 2. The van der Waals surface area contributed by atoms with E-state index in [1.165, 1.54) is 0 Å². The molecule has 24 heavy (non-hydrogen) atoms. The third kappa shape index (κ3) is 2.72. The average molecular weight is 325 g/mol. The summed E-state index contributed by atoms with van der Waals surface area (Å²) < 4.78 is 5.90. The van der Waals surface area contributed by atoms with Gasteiger partial charge < -0.3 is 9.52 Å². The van der Waals surface area contributed by atoms with Crippen molar-refractivity contribution in [3.63, 3.8) is 0 Å². The van der Waals surface area contributed by atoms with Gasteiger partial charge in [0.15, 0.2) is 5.76 Å². The van der Waals surface area contributed by atoms with Crippen LogP contribution >= 0.6 is 0 Å². The maximum Gasteiger partial charge on any atom is 0.209 e. The molecule has 4 rings (SSSR count). The standard InChI is InChI=1S/C17H19N5O2/c1-12-4-2-3-5-13(12)14-8-18-16(24-14)10-22-7-6-17(23,11-22)15-9-19-21-20-15/h2-5,8-9,23H,6-7,10-11H2,1H3,(H,19,20,21). The number of oxazole rings is 1. The average Bonchev–Trinajstić information content (AvgIpc) is 3.30. The second-order valence-corrected chi connectivity index (χ2v) is 6.28. The predicted molar refractivity (Wildman–Crippen MR) is 86.8 cm³/mol. The lowest BCUT2D eigenvalue weighted by Gasteiger charge is -2.20. The van der Waals surface area contributed by atoms with E-state index in [9.17, 15) is 5.11 Å². The van der Waals surface area contributed by atoms with Gasteiger partial charge in [-0.25, -0.2) is 4.98 Å². The van der Waals surface area contributed by atoms with Gasteiger partial charge in [-0.15, -0.1) is 0 Å². The zero-order chi connectivity index (χ0) is 16.6. The van der Waals surface area contributed by atoms with Gasteiger partial charge >= 0.3 is 0 Å². The van der Waals surface area contributed by atoms with E-state index in [4.69, 9.17) is 4.42 Å². The topological polar surface area (TPSA) is 91.1 Å². The van der Waals surface area contributed by atoms with Gasteiger partial charge in [0, 0.05) is 18.7 Å². The molecule has 1 fully saturated rings. The second-order valence-electron chi connectivity index (χ2n) is 6.28. The monoisotopic (exact) mass is 325 g/mol. The van der Waals surface area contributed by atoms with E-state index in [1.54, 1.807) is 12.4 Å². The van der Waals surface area contributed by atoms with E-state index in [2.05, 4.69) is 38.3 Å². The van der Waals surface area contributed by atoms with Crippen LogP contribution in [0.5, 0.6) is 0 Å². The Morgan fingerprint density at radius 3 is 3.00 bits per heavy atom. The molecular formula is C17H19N5O2. The third-order valence-electron chi connectivity index (χ3n) is 4.54. The molecule has 0 spiro atoms. The Morgan fingerprint density at radius 1 is 1.33 bits per heavy atom. The van der Waals surface area contributed by atoms with Gasteiger partial charge in [-0.05, 0) is 18.9 Å². The summed E-state index contributed by atoms with van der Waals surface area (Å²) in [7, 11) is 0. The number of nitrogens with zero attached hydrogens (tertiary/aromatic N) is 4. The molecule has 7 nitrogen and oxygen atoms in total. The number of β-amino-alcohol motifs (C(OH)–C–C–N with tert-alkyl or cyclic N) is 1. The van der Waals surface area contributed by atoms with Gasteiger partial charge in [0.1, 0.15) is 11.3 Å². The molecule has 3 heterocycles. The summed E-state index contributed by atoms with van der Waals surface area (Å²) in [4.78, 5) is 6.50. The smallest absolute Gasteiger partial charge is 0.209 e. The van der Waals surface area contributed by atoms with Gasteiger partial charge in [0.25, 0.3) is 0 Å². The molecule has 0 bridgehead atoms. The summed E-state index contributed by atoms with van der Waals surface area (Å²) in [5.74, 6) is 1.42. The van der Waals surface area contributed by atoms with Crippen LogP contribution in [0.25, 0.3) is 11.3 Å². The highest BCUT2D eigenvalue weighted by molar-refractivity contribution is 5.60. The second kappa shape index (κ2) is 5.85. The van der Waals surface area contributed by atoms with Crippen LogP contribution in [0.15, 0.2) is 41.1 Å². The number of benzene rings is 1. The predicted octanol–water partition coefficient (Wildman–Crippen LogP) is 1.86. The van der Waals surface area contributed by atoms with E-state index >= 15 is 0 Å². The lowest BCUT2D eigenvalue weighted by molar-refractivity contribution is 0.0400. The van der Waals surface area contributed by atoms with Crippen LogP contribution in [0.4, 0.5) is 0 Å². The van der Waals surface area contributed by atoms with Crippen molar-refractivity contribution in [3.05, 3.63) is 53.8 Å². The fourth-order valence-electron chi connectivity index (χ4n) is 3.19. The summed E-state index contributed by atoms with van der Waals surface area (Å²) in [6, 6.07) is 8.07. The molecule has 1 aliphatic rings. The van der Waals surface area contributed by atoms with Crippen LogP contribution in [0, 0.1) is 6.92 Å². The number of likely N-dealkylation sites (tertiary alicyclic amines) is 1. The van der Waals surface area contributed by atoms with Crippen molar-refractivity contribution in [3.8, 4) is 11.3 Å². The lowest BCUT2D eigenvalue weighted by atomic mass is 10.0. The molecule has 7 heteroatoms. The Hall–Kier alpha value is -2.51. The quantitative estimate of drug-likeness (QED) is 0.761. The van der Waals surface area contributed by atoms with Crippen LogP contribution in [0.2, 0.25) is 0 Å². The first-order chi connectivity index (χ1) is 11.6. The number of aromatic amines is 1. The van der Waals surface area contributed by atoms with Crippen LogP contribution in [0.1, 0.15) is 23.6 Å². The van der Waals surface area contributed by atoms with Crippen LogP contribution in [-0.4, -0.2) is 43.5 Å². The third-order valence-corrected chi connectivity index (χ3v) is 4.54. The highest BCUT2D eigenvalue weighted by atomic mass is 16.4. The van der Waals surface area contributed by atoms with Gasteiger partial charge in [-0.3, -0.25) is 4.90 Å². The molecule has 1 atom stereocenters. The van der Waals surface area contributed by atoms with E-state index < -0.39 is 5.60 Å². The zero-order valence-corrected chi connectivity index (χ0v) is 13.4. The van der Waals surface area contributed by atoms with Gasteiger partial charge in [-0.1, -0.05) is 24.3 Å². The van der Waals surface area contributed by atoms with Crippen molar-refractivity contribution < 1.29 is 9.52 Å². The van der Waals surface area contributed by atoms with Gasteiger partial charge in [0.2, 0.25) is 5.89 Å². The van der Waals surface area contributed by atoms with Gasteiger partial charge in [-0.2, -0.15) is 15.4 Å². The normalized spacial score (nSPS) is 21.4. The molecule has 1 aliphatic heterocycles. The molecule has 2 N–H and O–H groups in total. The number of nitrogens with one attached hydrogen (secondary N) is 1. The Kier molecular flexibility index (Phi) is 3.66. The number of H-pyrrole nitrogens is 1. The molecule has 0 aliphatic carbocycles. The van der Waals surface area contributed by atoms with Crippen LogP contribution < -0.4 is 0 Å². The highest BCUT2D eigenvalue weighted by Crippen LogP contribution is 2.31. The molecular weight excluding hydrogens is 306 g/mol. The lowest BCUT2D eigenvalue weighted by Crippen LogP contribution is -2.31.